The average Bonchev–Trinajstić information content (AvgIpc) is 3.03. The van der Waals surface area contributed by atoms with Gasteiger partial charge in [0.2, 0.25) is 0 Å². The Labute approximate surface area is 156 Å². The molecule has 4 nitrogen and oxygen atoms in total. The summed E-state index contributed by atoms with van der Waals surface area (Å²) in [6.45, 7) is 2.16. The lowest BCUT2D eigenvalue weighted by Gasteiger charge is -2.10. The molecule has 0 saturated heterocycles. The van der Waals surface area contributed by atoms with Gasteiger partial charge in [-0.05, 0) is 67.0 Å². The van der Waals surface area contributed by atoms with Gasteiger partial charge in [-0.3, -0.25) is 9.36 Å². The molecule has 2 N–H and O–H groups in total. The van der Waals surface area contributed by atoms with E-state index in [4.69, 9.17) is 12.2 Å². The second kappa shape index (κ2) is 8.10. The topological polar surface area (TPSA) is 49.8 Å². The van der Waals surface area contributed by atoms with Gasteiger partial charge in [-0.1, -0.05) is 25.5 Å². The molecule has 0 bridgehead atoms. The van der Waals surface area contributed by atoms with E-state index in [-0.39, 0.29) is 11.7 Å². The van der Waals surface area contributed by atoms with Gasteiger partial charge in [0.15, 0.2) is 4.77 Å². The largest absolute Gasteiger partial charge is 0.336 e. The van der Waals surface area contributed by atoms with Crippen LogP contribution in [0.5, 0.6) is 0 Å². The van der Waals surface area contributed by atoms with Crippen LogP contribution in [0.3, 0.4) is 0 Å². The zero-order valence-corrected chi connectivity index (χ0v) is 15.3. The monoisotopic (exact) mass is 369 g/mol. The maximum Gasteiger partial charge on any atom is 0.274 e. The highest BCUT2D eigenvalue weighted by Crippen LogP contribution is 2.17. The summed E-state index contributed by atoms with van der Waals surface area (Å²) in [6.07, 6.45) is 4.89. The fourth-order valence-electron chi connectivity index (χ4n) is 2.71. The molecule has 6 heteroatoms. The van der Waals surface area contributed by atoms with Crippen molar-refractivity contribution in [2.75, 3.05) is 5.32 Å². The Bertz CT molecular complexity index is 942. The fraction of sp³-hybridized carbons (Fsp3) is 0.200. The molecular formula is C20H20FN3OS. The SMILES string of the molecule is CCCCc1ccc(NC(=O)c2c[nH]c(=S)n2-c2ccc(F)cc2)cc1. The Balaban J connectivity index is 1.80. The molecule has 0 aliphatic carbocycles. The van der Waals surface area contributed by atoms with Crippen molar-refractivity contribution in [2.45, 2.75) is 26.2 Å². The number of nitrogens with zero attached hydrogens (tertiary/aromatic N) is 1. The van der Waals surface area contributed by atoms with Crippen LogP contribution in [0.2, 0.25) is 0 Å². The molecule has 0 radical (unpaired) electrons. The normalized spacial score (nSPS) is 10.7. The molecule has 3 aromatic rings. The van der Waals surface area contributed by atoms with E-state index < -0.39 is 0 Å². The number of carbonyl (C=O) groups is 1. The number of hydrogen-bond acceptors (Lipinski definition) is 2. The molecule has 0 aliphatic heterocycles. The average molecular weight is 369 g/mol. The van der Waals surface area contributed by atoms with Gasteiger partial charge in [0.25, 0.3) is 5.91 Å². The number of anilines is 1. The predicted molar refractivity (Wildman–Crippen MR) is 104 cm³/mol. The summed E-state index contributed by atoms with van der Waals surface area (Å²) in [5, 5.41) is 2.88. The lowest BCUT2D eigenvalue weighted by atomic mass is 10.1. The molecule has 0 fully saturated rings. The van der Waals surface area contributed by atoms with Crippen molar-refractivity contribution in [3.05, 3.63) is 76.6 Å². The number of hydrogen-bond donors (Lipinski definition) is 2. The van der Waals surface area contributed by atoms with E-state index in [1.165, 1.54) is 17.7 Å². The van der Waals surface area contributed by atoms with Gasteiger partial charge < -0.3 is 10.3 Å². The van der Waals surface area contributed by atoms with Gasteiger partial charge in [-0.2, -0.15) is 0 Å². The first-order chi connectivity index (χ1) is 12.6. The Hall–Kier alpha value is -2.73. The van der Waals surface area contributed by atoms with Crippen molar-refractivity contribution in [1.82, 2.24) is 9.55 Å². The van der Waals surface area contributed by atoms with E-state index in [1.807, 2.05) is 24.3 Å². The zero-order chi connectivity index (χ0) is 18.5. The smallest absolute Gasteiger partial charge is 0.274 e. The second-order valence-corrected chi connectivity index (χ2v) is 6.43. The highest BCUT2D eigenvalue weighted by molar-refractivity contribution is 7.71. The summed E-state index contributed by atoms with van der Waals surface area (Å²) >= 11 is 5.26. The number of aromatic amines is 1. The van der Waals surface area contributed by atoms with Crippen molar-refractivity contribution < 1.29 is 9.18 Å². The molecule has 0 aliphatic rings. The lowest BCUT2D eigenvalue weighted by Crippen LogP contribution is -2.16. The first-order valence-electron chi connectivity index (χ1n) is 8.55. The summed E-state index contributed by atoms with van der Waals surface area (Å²) in [5.41, 5.74) is 2.95. The molecule has 1 amide bonds. The number of amides is 1. The van der Waals surface area contributed by atoms with Crippen LogP contribution in [0.25, 0.3) is 5.69 Å². The Morgan fingerprint density at radius 2 is 1.85 bits per heavy atom. The minimum absolute atomic E-state index is 0.289. The van der Waals surface area contributed by atoms with Gasteiger partial charge in [0.1, 0.15) is 11.5 Å². The van der Waals surface area contributed by atoms with Crippen molar-refractivity contribution in [3.8, 4) is 5.69 Å². The van der Waals surface area contributed by atoms with Gasteiger partial charge in [-0.15, -0.1) is 0 Å². The summed E-state index contributed by atoms with van der Waals surface area (Å²) in [6, 6.07) is 13.7. The summed E-state index contributed by atoms with van der Waals surface area (Å²) in [5.74, 6) is -0.632. The van der Waals surface area contributed by atoms with Crippen LogP contribution in [-0.4, -0.2) is 15.5 Å². The predicted octanol–water partition coefficient (Wildman–Crippen LogP) is 5.27. The highest BCUT2D eigenvalue weighted by Gasteiger charge is 2.14. The van der Waals surface area contributed by atoms with Crippen LogP contribution in [0, 0.1) is 10.6 Å². The van der Waals surface area contributed by atoms with E-state index >= 15 is 0 Å². The van der Waals surface area contributed by atoms with E-state index in [9.17, 15) is 9.18 Å². The van der Waals surface area contributed by atoms with Gasteiger partial charge in [0, 0.05) is 17.6 Å². The van der Waals surface area contributed by atoms with E-state index in [1.54, 1.807) is 22.9 Å². The van der Waals surface area contributed by atoms with Gasteiger partial charge >= 0.3 is 0 Å². The quantitative estimate of drug-likeness (QED) is 0.582. The number of aromatic nitrogens is 2. The van der Waals surface area contributed by atoms with Crippen molar-refractivity contribution in [3.63, 3.8) is 0 Å². The zero-order valence-electron chi connectivity index (χ0n) is 14.5. The highest BCUT2D eigenvalue weighted by atomic mass is 32.1. The number of H-pyrrole nitrogens is 1. The molecular weight excluding hydrogens is 349 g/mol. The van der Waals surface area contributed by atoms with Crippen LogP contribution in [0.1, 0.15) is 35.8 Å². The number of carbonyl (C=O) groups excluding carboxylic acids is 1. The van der Waals surface area contributed by atoms with E-state index in [2.05, 4.69) is 17.2 Å². The maximum atomic E-state index is 13.2. The first kappa shape index (κ1) is 18.1. The third-order valence-electron chi connectivity index (χ3n) is 4.12. The molecule has 0 saturated carbocycles. The minimum Gasteiger partial charge on any atom is -0.336 e. The minimum atomic E-state index is -0.343. The third-order valence-corrected chi connectivity index (χ3v) is 4.43. The number of aryl methyl sites for hydroxylation is 1. The molecule has 0 atom stereocenters. The van der Waals surface area contributed by atoms with Gasteiger partial charge in [-0.25, -0.2) is 4.39 Å². The standard InChI is InChI=1S/C20H20FN3OS/c1-2-3-4-14-5-9-16(10-6-14)23-19(25)18-13-22-20(26)24(18)17-11-7-15(21)8-12-17/h5-13H,2-4H2,1H3,(H,22,26)(H,23,25). The van der Waals surface area contributed by atoms with Gasteiger partial charge in [0.05, 0.1) is 0 Å². The number of benzene rings is 2. The van der Waals surface area contributed by atoms with Crippen LogP contribution < -0.4 is 5.32 Å². The van der Waals surface area contributed by atoms with Crippen LogP contribution >= 0.6 is 12.2 Å². The third kappa shape index (κ3) is 4.08. The van der Waals surface area contributed by atoms with Crippen LogP contribution in [0.15, 0.2) is 54.7 Å². The second-order valence-electron chi connectivity index (χ2n) is 6.05. The molecule has 0 unspecified atom stereocenters. The maximum absolute atomic E-state index is 13.2. The van der Waals surface area contributed by atoms with E-state index in [0.29, 0.717) is 21.8 Å². The molecule has 0 spiro atoms. The van der Waals surface area contributed by atoms with E-state index in [0.717, 1.165) is 19.3 Å². The number of nitrogens with one attached hydrogen (secondary N) is 2. The Morgan fingerprint density at radius 3 is 2.50 bits per heavy atom. The number of unbranched alkanes of at least 4 members (excludes halogenated alkanes) is 1. The number of halogens is 1. The Morgan fingerprint density at radius 1 is 1.15 bits per heavy atom. The molecule has 3 rings (SSSR count). The molecule has 2 aromatic carbocycles. The van der Waals surface area contributed by atoms with Crippen molar-refractivity contribution in [2.24, 2.45) is 0 Å². The number of rotatable bonds is 6. The summed E-state index contributed by atoms with van der Waals surface area (Å²) < 4.78 is 15.1. The van der Waals surface area contributed by atoms with Crippen molar-refractivity contribution in [1.29, 1.82) is 0 Å². The number of imidazole rings is 1. The molecule has 1 aromatic heterocycles. The Kier molecular flexibility index (Phi) is 5.63. The summed E-state index contributed by atoms with van der Waals surface area (Å²) in [7, 11) is 0. The molecule has 1 heterocycles. The van der Waals surface area contributed by atoms with Crippen LogP contribution in [-0.2, 0) is 6.42 Å². The first-order valence-corrected chi connectivity index (χ1v) is 8.96. The molecule has 26 heavy (non-hydrogen) atoms. The fourth-order valence-corrected chi connectivity index (χ4v) is 2.98. The summed E-state index contributed by atoms with van der Waals surface area (Å²) in [4.78, 5) is 15.5. The lowest BCUT2D eigenvalue weighted by molar-refractivity contribution is 0.102. The van der Waals surface area contributed by atoms with Crippen LogP contribution in [0.4, 0.5) is 10.1 Å². The van der Waals surface area contributed by atoms with Crippen molar-refractivity contribution >= 4 is 23.8 Å². The molecule has 134 valence electrons.